The second kappa shape index (κ2) is 22.1. The zero-order chi connectivity index (χ0) is 31.6. The van der Waals surface area contributed by atoms with Crippen LogP contribution in [0.15, 0.2) is 17.3 Å². The molecule has 7 nitrogen and oxygen atoms in total. The van der Waals surface area contributed by atoms with E-state index in [1.807, 2.05) is 42.7 Å². The third kappa shape index (κ3) is 16.6. The van der Waals surface area contributed by atoms with Crippen LogP contribution in [0.5, 0.6) is 0 Å². The summed E-state index contributed by atoms with van der Waals surface area (Å²) in [5.74, 6) is 2.75. The number of likely N-dealkylation sites (tertiary alicyclic amines) is 1. The van der Waals surface area contributed by atoms with E-state index in [1.54, 1.807) is 0 Å². The summed E-state index contributed by atoms with van der Waals surface area (Å²) in [6.07, 6.45) is 16.5. The summed E-state index contributed by atoms with van der Waals surface area (Å²) in [7, 11) is 1.20. The molecule has 1 aromatic rings. The van der Waals surface area contributed by atoms with Crippen LogP contribution in [0, 0.1) is 17.8 Å². The average Bonchev–Trinajstić information content (AvgIpc) is 3.44. The first-order valence-electron chi connectivity index (χ1n) is 17.4. The number of hydrogen-bond acceptors (Lipinski definition) is 7. The van der Waals surface area contributed by atoms with Crippen LogP contribution in [0.4, 0.5) is 0 Å². The fourth-order valence-electron chi connectivity index (χ4n) is 6.17. The highest BCUT2D eigenvalue weighted by molar-refractivity contribution is 7.97. The Morgan fingerprint density at radius 1 is 1.00 bits per heavy atom. The number of unbranched alkanes of at least 4 members (excludes halogenated alkanes) is 4. The number of aryl methyl sites for hydroxylation is 1. The zero-order valence-electron chi connectivity index (χ0n) is 28.8. The van der Waals surface area contributed by atoms with Gasteiger partial charge in [-0.3, -0.25) is 13.2 Å². The minimum atomic E-state index is -0.972. The molecule has 43 heavy (non-hydrogen) atoms. The Bertz CT molecular complexity index is 850. The number of ether oxygens (including phenoxy) is 1. The van der Waals surface area contributed by atoms with E-state index in [4.69, 9.17) is 10.5 Å². The summed E-state index contributed by atoms with van der Waals surface area (Å²) in [6, 6.07) is 1.87. The molecule has 0 spiro atoms. The van der Waals surface area contributed by atoms with E-state index in [2.05, 4.69) is 49.0 Å². The number of nitrogens with zero attached hydrogens (tertiary/aromatic N) is 4. The smallest absolute Gasteiger partial charge is 0.149 e. The van der Waals surface area contributed by atoms with Crippen molar-refractivity contribution in [2.24, 2.45) is 23.5 Å². The molecule has 2 fully saturated rings. The minimum Gasteiger partial charge on any atom is -0.377 e. The third-order valence-corrected chi connectivity index (χ3v) is 11.3. The van der Waals surface area contributed by atoms with Gasteiger partial charge >= 0.3 is 0 Å². The molecule has 252 valence electrons. The van der Waals surface area contributed by atoms with Gasteiger partial charge in [0.15, 0.2) is 0 Å². The molecule has 2 heterocycles. The second-order valence-electron chi connectivity index (χ2n) is 13.7. The van der Waals surface area contributed by atoms with Crippen molar-refractivity contribution in [3.8, 4) is 0 Å². The van der Waals surface area contributed by atoms with E-state index in [9.17, 15) is 4.21 Å². The summed E-state index contributed by atoms with van der Waals surface area (Å²) in [4.78, 5) is 2.74. The van der Waals surface area contributed by atoms with Crippen LogP contribution in [0.25, 0.3) is 0 Å². The van der Waals surface area contributed by atoms with Crippen molar-refractivity contribution in [1.29, 1.82) is 0 Å². The Morgan fingerprint density at radius 2 is 1.65 bits per heavy atom. The van der Waals surface area contributed by atoms with Crippen LogP contribution in [0.1, 0.15) is 112 Å². The molecule has 2 aliphatic rings. The fraction of sp³-hybridized carbons (Fsp3) is 0.912. The maximum Gasteiger partial charge on any atom is 0.149 e. The van der Waals surface area contributed by atoms with Crippen molar-refractivity contribution in [2.45, 2.75) is 140 Å². The van der Waals surface area contributed by atoms with Gasteiger partial charge in [-0.2, -0.15) is 5.10 Å². The largest absolute Gasteiger partial charge is 0.377 e. The molecule has 1 atom stereocenters. The number of nitrogens with two attached hydrogens (primary N) is 1. The van der Waals surface area contributed by atoms with Gasteiger partial charge in [-0.1, -0.05) is 72.8 Å². The summed E-state index contributed by atoms with van der Waals surface area (Å²) >= 11 is 1.91. The van der Waals surface area contributed by atoms with Crippen LogP contribution < -0.4 is 5.73 Å². The maximum atomic E-state index is 11.8. The fourth-order valence-corrected chi connectivity index (χ4v) is 7.94. The summed E-state index contributed by atoms with van der Waals surface area (Å²) in [6.45, 7) is 20.8. The quantitative estimate of drug-likeness (QED) is 0.134. The van der Waals surface area contributed by atoms with Crippen molar-refractivity contribution in [1.82, 2.24) is 19.0 Å². The van der Waals surface area contributed by atoms with Crippen molar-refractivity contribution in [3.63, 3.8) is 0 Å². The van der Waals surface area contributed by atoms with Crippen molar-refractivity contribution >= 4 is 22.7 Å². The van der Waals surface area contributed by atoms with Gasteiger partial charge < -0.3 is 15.4 Å². The topological polar surface area (TPSA) is 76.6 Å². The van der Waals surface area contributed by atoms with E-state index in [-0.39, 0.29) is 5.25 Å². The van der Waals surface area contributed by atoms with Crippen molar-refractivity contribution in [2.75, 3.05) is 46.4 Å². The summed E-state index contributed by atoms with van der Waals surface area (Å²) in [5, 5.41) is 5.85. The Kier molecular flexibility index (Phi) is 19.9. The van der Waals surface area contributed by atoms with Crippen LogP contribution in [-0.4, -0.2) is 86.2 Å². The molecule has 2 N–H and O–H groups in total. The molecule has 1 aromatic heterocycles. The first-order valence-corrected chi connectivity index (χ1v) is 19.5. The molecule has 9 heteroatoms. The third-order valence-electron chi connectivity index (χ3n) is 8.88. The Hall–Kier alpha value is -0.450. The molecule has 1 aliphatic carbocycles. The van der Waals surface area contributed by atoms with E-state index in [1.165, 1.54) is 77.4 Å². The van der Waals surface area contributed by atoms with Gasteiger partial charge in [-0.25, -0.2) is 0 Å². The molecule has 3 rings (SSSR count). The van der Waals surface area contributed by atoms with Gasteiger partial charge in [0.25, 0.3) is 0 Å². The van der Waals surface area contributed by atoms with Gasteiger partial charge in [0.2, 0.25) is 0 Å². The summed E-state index contributed by atoms with van der Waals surface area (Å²) < 4.78 is 22.2. The Balaban J connectivity index is 0.000000317. The molecule has 1 saturated carbocycles. The van der Waals surface area contributed by atoms with Gasteiger partial charge in [0, 0.05) is 36.3 Å². The molecule has 0 aromatic carbocycles. The van der Waals surface area contributed by atoms with Crippen LogP contribution in [0.2, 0.25) is 0 Å². The molecular formula is C34H67N5O2S2. The molecule has 1 saturated heterocycles. The standard InChI is InChI=1S/C21H42N2OS.C13H25N3OS/c1-17(2)20-10-12-23(13-11-20)16-19-6-8-21(9-7-19)24-15-14-22(5)25-18(3)4;1-12(2)18(17)13-8-11-16(15-13)10-7-5-3-4-6-9-14/h17-21H,6-16H2,1-5H3;8,11-12H,3-7,9-10,14H2,1-2H3. The van der Waals surface area contributed by atoms with Crippen LogP contribution in [0.3, 0.4) is 0 Å². The molecule has 0 bridgehead atoms. The van der Waals surface area contributed by atoms with E-state index in [0.717, 1.165) is 56.8 Å². The lowest BCUT2D eigenvalue weighted by atomic mass is 9.84. The van der Waals surface area contributed by atoms with Gasteiger partial charge in [0.1, 0.15) is 5.03 Å². The molecular weight excluding hydrogens is 575 g/mol. The zero-order valence-corrected chi connectivity index (χ0v) is 30.5. The number of hydrogen-bond donors (Lipinski definition) is 1. The van der Waals surface area contributed by atoms with Crippen LogP contribution in [-0.2, 0) is 22.1 Å². The molecule has 0 radical (unpaired) electrons. The van der Waals surface area contributed by atoms with Gasteiger partial charge in [-0.15, -0.1) is 0 Å². The van der Waals surface area contributed by atoms with E-state index >= 15 is 0 Å². The Labute approximate surface area is 272 Å². The van der Waals surface area contributed by atoms with Gasteiger partial charge in [-0.05, 0) is 102 Å². The van der Waals surface area contributed by atoms with Crippen molar-refractivity contribution in [3.05, 3.63) is 12.3 Å². The Morgan fingerprint density at radius 3 is 2.26 bits per heavy atom. The predicted molar refractivity (Wildman–Crippen MR) is 187 cm³/mol. The number of likely N-dealkylation sites (N-methyl/N-ethyl adjacent to an activating group) is 1. The lowest BCUT2D eigenvalue weighted by Crippen LogP contribution is -2.39. The number of aromatic nitrogens is 2. The molecule has 1 unspecified atom stereocenters. The first kappa shape index (κ1) is 38.7. The first-order chi connectivity index (χ1) is 20.6. The monoisotopic (exact) mass is 641 g/mol. The van der Waals surface area contributed by atoms with E-state index < -0.39 is 10.8 Å². The minimum absolute atomic E-state index is 0.129. The predicted octanol–water partition coefficient (Wildman–Crippen LogP) is 7.23. The number of rotatable bonds is 18. The normalized spacial score (nSPS) is 21.1. The highest BCUT2D eigenvalue weighted by Crippen LogP contribution is 2.30. The average molecular weight is 642 g/mol. The van der Waals surface area contributed by atoms with Crippen molar-refractivity contribution < 1.29 is 8.95 Å². The molecule has 1 aliphatic heterocycles. The summed E-state index contributed by atoms with van der Waals surface area (Å²) in [5.41, 5.74) is 5.45. The van der Waals surface area contributed by atoms with E-state index in [0.29, 0.717) is 16.4 Å². The highest BCUT2D eigenvalue weighted by Gasteiger charge is 2.26. The van der Waals surface area contributed by atoms with Gasteiger partial charge in [0.05, 0.1) is 23.5 Å². The van der Waals surface area contributed by atoms with Crippen LogP contribution >= 0.6 is 11.9 Å². The number of piperidine rings is 1. The SMILES string of the molecule is CC(C)S(=O)c1ccn(CCCCCCCN)n1.CC(C)SN(C)CCOC1CCC(CN2CCC(C(C)C)CC2)CC1. The molecule has 0 amide bonds. The highest BCUT2D eigenvalue weighted by atomic mass is 32.2. The second-order valence-corrected chi connectivity index (χ2v) is 17.5. The maximum absolute atomic E-state index is 11.8. The lowest BCUT2D eigenvalue weighted by Gasteiger charge is -2.37. The lowest BCUT2D eigenvalue weighted by molar-refractivity contribution is 0.0102.